The minimum absolute atomic E-state index is 0.0448. The van der Waals surface area contributed by atoms with Gasteiger partial charge in [0.05, 0.1) is 26.9 Å². The first kappa shape index (κ1) is 30.4. The van der Waals surface area contributed by atoms with E-state index in [1.54, 1.807) is 0 Å². The average Bonchev–Trinajstić information content (AvgIpc) is 2.90. The van der Waals surface area contributed by atoms with Gasteiger partial charge in [0.25, 0.3) is 0 Å². The van der Waals surface area contributed by atoms with E-state index in [2.05, 4.69) is 6.92 Å². The third-order valence-corrected chi connectivity index (χ3v) is 8.28. The molecule has 2 aliphatic heterocycles. The Bertz CT molecular complexity index is 975. The zero-order chi connectivity index (χ0) is 28.6. The van der Waals surface area contributed by atoms with Crippen LogP contribution in [-0.2, 0) is 18.9 Å². The molecule has 0 amide bonds. The van der Waals surface area contributed by atoms with Crippen molar-refractivity contribution in [3.63, 3.8) is 0 Å². The molecule has 4 rings (SSSR count). The number of rotatable bonds is 8. The molecule has 2 saturated heterocycles. The second kappa shape index (κ2) is 12.5. The number of hydrogen-bond acceptors (Lipinski definition) is 12. The van der Waals surface area contributed by atoms with Crippen LogP contribution < -0.4 is 4.74 Å². The molecule has 12 nitrogen and oxygen atoms in total. The molecule has 1 aliphatic carbocycles. The van der Waals surface area contributed by atoms with Crippen molar-refractivity contribution in [2.75, 3.05) is 26.9 Å². The molecule has 2 heterocycles. The molecule has 222 valence electrons. The molecule has 7 N–H and O–H groups in total. The molecular weight excluding hydrogens is 516 g/mol. The lowest BCUT2D eigenvalue weighted by Gasteiger charge is -2.42. The monoisotopic (exact) mass is 558 g/mol. The molecule has 0 saturated carbocycles. The molecule has 0 aromatic heterocycles. The van der Waals surface area contributed by atoms with E-state index in [1.807, 2.05) is 19.9 Å². The van der Waals surface area contributed by atoms with Crippen molar-refractivity contribution in [1.29, 1.82) is 0 Å². The van der Waals surface area contributed by atoms with Crippen LogP contribution in [0.15, 0.2) is 6.07 Å². The lowest BCUT2D eigenvalue weighted by Crippen LogP contribution is -2.60. The van der Waals surface area contributed by atoms with E-state index in [9.17, 15) is 35.7 Å². The zero-order valence-corrected chi connectivity index (χ0v) is 22.7. The fourth-order valence-electron chi connectivity index (χ4n) is 5.90. The maximum atomic E-state index is 10.9. The summed E-state index contributed by atoms with van der Waals surface area (Å²) in [7, 11) is 1.53. The molecule has 2 fully saturated rings. The summed E-state index contributed by atoms with van der Waals surface area (Å²) in [6.45, 7) is 5.53. The van der Waals surface area contributed by atoms with Crippen LogP contribution in [0.25, 0.3) is 0 Å². The SMILES string of the molecule is COc1c(C)cc2c(c1O)[C@H](C)CC[C@H]2[C@@H](C)CO[C@@H]1O[C@H](CO[C@@H]2OC[C@@H](O)[C@H](O)[C@H]2O)[C@@H](O)[C@H](O)[C@H]1O. The van der Waals surface area contributed by atoms with Gasteiger partial charge in [-0.3, -0.25) is 0 Å². The van der Waals surface area contributed by atoms with Gasteiger partial charge in [-0.1, -0.05) is 19.9 Å². The molecule has 12 heteroatoms. The summed E-state index contributed by atoms with van der Waals surface area (Å²) in [6.07, 6.45) is -10.8. The molecule has 1 aromatic carbocycles. The number of phenolic OH excluding ortho intramolecular Hbond substituents is 1. The molecule has 0 bridgehead atoms. The maximum Gasteiger partial charge on any atom is 0.186 e. The van der Waals surface area contributed by atoms with Gasteiger partial charge in [0, 0.05) is 5.56 Å². The Kier molecular flexibility index (Phi) is 9.75. The Labute approximate surface area is 227 Å². The lowest BCUT2D eigenvalue weighted by atomic mass is 9.72. The van der Waals surface area contributed by atoms with Crippen LogP contribution in [0.1, 0.15) is 55.2 Å². The lowest BCUT2D eigenvalue weighted by molar-refractivity contribution is -0.322. The number of ether oxygens (including phenoxy) is 5. The van der Waals surface area contributed by atoms with Gasteiger partial charge >= 0.3 is 0 Å². The van der Waals surface area contributed by atoms with Gasteiger partial charge in [-0.15, -0.1) is 0 Å². The fourth-order valence-corrected chi connectivity index (χ4v) is 5.90. The van der Waals surface area contributed by atoms with Crippen LogP contribution in [0.3, 0.4) is 0 Å². The van der Waals surface area contributed by atoms with Crippen molar-refractivity contribution in [2.24, 2.45) is 5.92 Å². The predicted molar refractivity (Wildman–Crippen MR) is 135 cm³/mol. The van der Waals surface area contributed by atoms with E-state index in [4.69, 9.17) is 23.7 Å². The summed E-state index contributed by atoms with van der Waals surface area (Å²) in [5, 5.41) is 71.8. The van der Waals surface area contributed by atoms with E-state index in [1.165, 1.54) is 7.11 Å². The summed E-state index contributed by atoms with van der Waals surface area (Å²) in [4.78, 5) is 0. The molecule has 0 spiro atoms. The standard InChI is InChI=1S/C27H42O12/c1-11-5-6-14(15-7-12(2)25(35-4)21(31)18(11)15)13(3)8-36-27-24(34)22(32)20(30)17(39-27)10-38-26-23(33)19(29)16(28)9-37-26/h7,11,13-14,16-17,19-20,22-24,26-34H,5-6,8-10H2,1-4H3/t11-,13+,14+,16-,17-,19+,20-,22+,23-,24-,26+,27-/m1/s1. The molecule has 0 radical (unpaired) electrons. The Morgan fingerprint density at radius 3 is 2.33 bits per heavy atom. The highest BCUT2D eigenvalue weighted by Gasteiger charge is 2.46. The highest BCUT2D eigenvalue weighted by Crippen LogP contribution is 2.50. The van der Waals surface area contributed by atoms with E-state index in [-0.39, 0.29) is 43.3 Å². The number of aliphatic hydroxyl groups excluding tert-OH is 6. The third kappa shape index (κ3) is 6.05. The van der Waals surface area contributed by atoms with E-state index < -0.39 is 55.3 Å². The summed E-state index contributed by atoms with van der Waals surface area (Å²) >= 11 is 0. The molecular formula is C27H42O12. The number of methoxy groups -OCH3 is 1. The summed E-state index contributed by atoms with van der Waals surface area (Å²) in [5.74, 6) is 0.820. The van der Waals surface area contributed by atoms with Crippen molar-refractivity contribution >= 4 is 0 Å². The number of fused-ring (bicyclic) bond motifs is 1. The second-order valence-electron chi connectivity index (χ2n) is 11.1. The van der Waals surface area contributed by atoms with Crippen molar-refractivity contribution in [1.82, 2.24) is 0 Å². The van der Waals surface area contributed by atoms with Gasteiger partial charge in [0.2, 0.25) is 0 Å². The van der Waals surface area contributed by atoms with Crippen LogP contribution in [0, 0.1) is 12.8 Å². The Balaban J connectivity index is 1.40. The topological polar surface area (TPSA) is 188 Å². The van der Waals surface area contributed by atoms with Crippen molar-refractivity contribution in [2.45, 2.75) is 101 Å². The van der Waals surface area contributed by atoms with Gasteiger partial charge < -0.3 is 59.4 Å². The quantitative estimate of drug-likeness (QED) is 0.219. The van der Waals surface area contributed by atoms with Gasteiger partial charge in [-0.2, -0.15) is 0 Å². The normalized spacial score (nSPS) is 39.7. The van der Waals surface area contributed by atoms with E-state index in [0.29, 0.717) is 5.75 Å². The first-order valence-corrected chi connectivity index (χ1v) is 13.4. The zero-order valence-electron chi connectivity index (χ0n) is 22.7. The summed E-state index contributed by atoms with van der Waals surface area (Å²) in [5.41, 5.74) is 2.74. The third-order valence-electron chi connectivity index (χ3n) is 8.28. The van der Waals surface area contributed by atoms with Gasteiger partial charge in [-0.05, 0) is 48.6 Å². The largest absolute Gasteiger partial charge is 0.504 e. The number of phenols is 1. The van der Waals surface area contributed by atoms with Gasteiger partial charge in [-0.25, -0.2) is 0 Å². The van der Waals surface area contributed by atoms with Crippen LogP contribution in [0.2, 0.25) is 0 Å². The minimum atomic E-state index is -1.58. The molecule has 3 aliphatic rings. The first-order chi connectivity index (χ1) is 18.5. The predicted octanol–water partition coefficient (Wildman–Crippen LogP) is -0.394. The highest BCUT2D eigenvalue weighted by atomic mass is 16.7. The number of aliphatic hydroxyl groups is 6. The number of benzene rings is 1. The van der Waals surface area contributed by atoms with Crippen LogP contribution in [-0.4, -0.2) is 118 Å². The molecule has 39 heavy (non-hydrogen) atoms. The molecule has 0 unspecified atom stereocenters. The summed E-state index contributed by atoms with van der Waals surface area (Å²) < 4.78 is 27.7. The van der Waals surface area contributed by atoms with E-state index >= 15 is 0 Å². The van der Waals surface area contributed by atoms with Crippen molar-refractivity contribution in [3.8, 4) is 11.5 Å². The molecule has 1 aromatic rings. The Morgan fingerprint density at radius 2 is 1.64 bits per heavy atom. The van der Waals surface area contributed by atoms with Crippen LogP contribution in [0.4, 0.5) is 0 Å². The maximum absolute atomic E-state index is 10.9. The molecule has 12 atom stereocenters. The first-order valence-electron chi connectivity index (χ1n) is 13.4. The van der Waals surface area contributed by atoms with E-state index in [0.717, 1.165) is 29.5 Å². The van der Waals surface area contributed by atoms with Gasteiger partial charge in [0.1, 0.15) is 42.7 Å². The van der Waals surface area contributed by atoms with Gasteiger partial charge in [0.15, 0.2) is 24.1 Å². The number of aryl methyl sites for hydroxylation is 1. The van der Waals surface area contributed by atoms with Crippen LogP contribution >= 0.6 is 0 Å². The fraction of sp³-hybridized carbons (Fsp3) is 0.778. The number of hydrogen-bond donors (Lipinski definition) is 7. The van der Waals surface area contributed by atoms with Crippen molar-refractivity contribution in [3.05, 3.63) is 22.8 Å². The Hall–Kier alpha value is -1.58. The average molecular weight is 559 g/mol. The van der Waals surface area contributed by atoms with Crippen molar-refractivity contribution < 1.29 is 59.4 Å². The summed E-state index contributed by atoms with van der Waals surface area (Å²) in [6, 6.07) is 2.04. The Morgan fingerprint density at radius 1 is 0.949 bits per heavy atom. The second-order valence-corrected chi connectivity index (χ2v) is 11.1. The van der Waals surface area contributed by atoms with Crippen LogP contribution in [0.5, 0.6) is 11.5 Å². The smallest absolute Gasteiger partial charge is 0.186 e. The highest BCUT2D eigenvalue weighted by molar-refractivity contribution is 5.57. The number of aromatic hydroxyl groups is 1. The minimum Gasteiger partial charge on any atom is -0.504 e.